The number of aromatic nitrogens is 6. The molecule has 119 heavy (non-hydrogen) atoms. The summed E-state index contributed by atoms with van der Waals surface area (Å²) in [4.78, 5) is 21.4. The Morgan fingerprint density at radius 3 is 1.11 bits per heavy atom. The molecular formula is C113H74N6. The first kappa shape index (κ1) is 68.2. The molecule has 0 amide bonds. The zero-order valence-electron chi connectivity index (χ0n) is 65.5. The number of fused-ring (bicyclic) bond motifs is 21. The molecule has 0 saturated carbocycles. The maximum Gasteiger partial charge on any atom is 0.235 e. The van der Waals surface area contributed by atoms with Crippen LogP contribution in [0.3, 0.4) is 0 Å². The molecule has 3 aliphatic carbocycles. The minimum Gasteiger partial charge on any atom is -0.278 e. The summed E-state index contributed by atoms with van der Waals surface area (Å²) < 4.78 is 4.52. The minimum atomic E-state index is -0.113. The van der Waals surface area contributed by atoms with Crippen molar-refractivity contribution in [1.29, 1.82) is 0 Å². The van der Waals surface area contributed by atoms with Crippen LogP contribution in [0.25, 0.3) is 210 Å². The lowest BCUT2D eigenvalue weighted by Gasteiger charge is -2.22. The van der Waals surface area contributed by atoms with E-state index in [4.69, 9.17) is 19.9 Å². The molecule has 3 aliphatic rings. The van der Waals surface area contributed by atoms with E-state index in [0.29, 0.717) is 11.9 Å². The standard InChI is InChI=1S/C58H39N3.C55H35N3/c1-58(2)50-16-8-5-13-44(50)45-29-27-42(34-51(45)58)56-46-14-6-9-17-52(46)59-57(60-56)61-53-18-10-7-15-47(53)55-49-33-39(24-23-37(49)28-30-54(55)61)36-21-19-35(20-22-36)38-25-26-41-31-40-11-3-4-12-43(40)48(41)32-38;1-2-11-35(12-3-1)39-14-10-15-44(31-39)54-46-17-6-8-19-50(46)56-55(57-54)58-51-20-9-7-18-47(51)53-49-34-41(26-25-38(49)29-30-52(53)58)37-23-21-36(22-24-37)40-27-28-43-32-42-13-4-5-16-45(42)48(43)33-40/h3-30,32-34H,31H2,1-2H3;1-31,33-34H,32H2. The highest BCUT2D eigenvalue weighted by atomic mass is 15.2. The normalized spacial score (nSPS) is 12.8. The van der Waals surface area contributed by atoms with Gasteiger partial charge < -0.3 is 0 Å². The van der Waals surface area contributed by atoms with Crippen molar-refractivity contribution in [2.24, 2.45) is 0 Å². The molecule has 0 saturated heterocycles. The lowest BCUT2D eigenvalue weighted by Crippen LogP contribution is -2.15. The van der Waals surface area contributed by atoms with Gasteiger partial charge in [-0.1, -0.05) is 329 Å². The summed E-state index contributed by atoms with van der Waals surface area (Å²) in [5.74, 6) is 1.33. The predicted octanol–water partition coefficient (Wildman–Crippen LogP) is 28.9. The van der Waals surface area contributed by atoms with Gasteiger partial charge in [-0.05, 0) is 230 Å². The van der Waals surface area contributed by atoms with Gasteiger partial charge in [-0.3, -0.25) is 9.13 Å². The zero-order valence-corrected chi connectivity index (χ0v) is 65.5. The smallest absolute Gasteiger partial charge is 0.235 e. The maximum absolute atomic E-state index is 5.50. The molecule has 0 bridgehead atoms. The molecular weight excluding hydrogens is 1440 g/mol. The molecule has 0 radical (unpaired) electrons. The summed E-state index contributed by atoms with van der Waals surface area (Å²) in [6.07, 6.45) is 2.03. The molecule has 6 nitrogen and oxygen atoms in total. The average Bonchev–Trinajstić information content (AvgIpc) is 1.58. The second kappa shape index (κ2) is 26.9. The Labute approximate surface area is 688 Å². The maximum atomic E-state index is 5.50. The third-order valence-corrected chi connectivity index (χ3v) is 25.7. The Morgan fingerprint density at radius 1 is 0.218 bits per heavy atom. The Morgan fingerprint density at radius 2 is 0.580 bits per heavy atom. The van der Waals surface area contributed by atoms with Crippen LogP contribution in [0.5, 0.6) is 0 Å². The molecule has 0 aliphatic heterocycles. The molecule has 0 fully saturated rings. The molecule has 0 N–H and O–H groups in total. The first-order chi connectivity index (χ1) is 58.7. The molecule has 0 atom stereocenters. The molecule has 6 heteroatoms. The topological polar surface area (TPSA) is 61.4 Å². The highest BCUT2D eigenvalue weighted by molar-refractivity contribution is 6.23. The largest absolute Gasteiger partial charge is 0.278 e. The summed E-state index contributed by atoms with van der Waals surface area (Å²) in [6, 6.07) is 141. The van der Waals surface area contributed by atoms with Gasteiger partial charge in [0.15, 0.2) is 0 Å². The summed E-state index contributed by atoms with van der Waals surface area (Å²) in [5.41, 5.74) is 38.6. The lowest BCUT2D eigenvalue weighted by atomic mass is 9.82. The number of rotatable bonds is 9. The Hall–Kier alpha value is -15.2. The van der Waals surface area contributed by atoms with Crippen molar-refractivity contribution >= 4 is 87.0 Å². The monoisotopic (exact) mass is 1510 g/mol. The minimum absolute atomic E-state index is 0.113. The molecule has 0 unspecified atom stereocenters. The van der Waals surface area contributed by atoms with Crippen LogP contribution in [0.15, 0.2) is 388 Å². The van der Waals surface area contributed by atoms with Crippen LogP contribution < -0.4 is 0 Å². The van der Waals surface area contributed by atoms with Gasteiger partial charge in [-0.25, -0.2) is 19.9 Å². The van der Waals surface area contributed by atoms with Crippen LogP contribution in [0.2, 0.25) is 0 Å². The van der Waals surface area contributed by atoms with E-state index in [1.54, 1.807) is 0 Å². The Kier molecular flexibility index (Phi) is 15.4. The predicted molar refractivity (Wildman–Crippen MR) is 495 cm³/mol. The quantitative estimate of drug-likeness (QED) is 0.144. The second-order valence-electron chi connectivity index (χ2n) is 32.7. The second-order valence-corrected chi connectivity index (χ2v) is 32.7. The van der Waals surface area contributed by atoms with Gasteiger partial charge in [-0.2, -0.15) is 0 Å². The van der Waals surface area contributed by atoms with E-state index in [2.05, 4.69) is 411 Å². The van der Waals surface area contributed by atoms with Gasteiger partial charge in [0, 0.05) is 48.9 Å². The van der Waals surface area contributed by atoms with Crippen molar-refractivity contribution in [2.45, 2.75) is 32.1 Å². The molecule has 0 spiro atoms. The van der Waals surface area contributed by atoms with Gasteiger partial charge in [0.2, 0.25) is 11.9 Å². The molecule has 25 rings (SSSR count). The van der Waals surface area contributed by atoms with Crippen LogP contribution in [-0.2, 0) is 18.3 Å². The number of nitrogens with zero attached hydrogens (tertiary/aromatic N) is 6. The summed E-state index contributed by atoms with van der Waals surface area (Å²) in [7, 11) is 0. The van der Waals surface area contributed by atoms with Crippen molar-refractivity contribution < 1.29 is 0 Å². The highest BCUT2D eigenvalue weighted by Crippen LogP contribution is 2.51. The van der Waals surface area contributed by atoms with Gasteiger partial charge in [0.25, 0.3) is 0 Å². The van der Waals surface area contributed by atoms with Crippen molar-refractivity contribution in [2.75, 3.05) is 0 Å². The zero-order chi connectivity index (χ0) is 78.6. The molecule has 4 heterocycles. The SMILES string of the molecule is CC1(C)c2ccccc2-c2ccc(-c3nc(-n4c5ccccc5c5c6cc(-c7ccc(-c8ccc9c(c8)-c8ccccc8C9)cc7)ccc6ccc54)nc4ccccc34)cc21.c1ccc(-c2cccc(-c3nc(-n4c5ccccc5c5c6cc(-c7ccc(-c8ccc9c(c8)-c8ccccc8C9)cc7)ccc6ccc54)nc4ccccc34)c2)cc1. The van der Waals surface area contributed by atoms with Crippen LogP contribution >= 0.6 is 0 Å². The summed E-state index contributed by atoms with van der Waals surface area (Å²) in [5, 5.41) is 11.7. The summed E-state index contributed by atoms with van der Waals surface area (Å²) in [6.45, 7) is 4.67. The van der Waals surface area contributed by atoms with Crippen LogP contribution in [0.1, 0.15) is 47.2 Å². The van der Waals surface area contributed by atoms with E-state index in [1.807, 2.05) is 0 Å². The van der Waals surface area contributed by atoms with Gasteiger partial charge >= 0.3 is 0 Å². The number of para-hydroxylation sites is 4. The number of benzene rings is 18. The van der Waals surface area contributed by atoms with Crippen molar-refractivity contribution in [3.05, 3.63) is 422 Å². The van der Waals surface area contributed by atoms with Gasteiger partial charge in [-0.15, -0.1) is 0 Å². The number of hydrogen-bond acceptors (Lipinski definition) is 4. The van der Waals surface area contributed by atoms with Gasteiger partial charge in [0.1, 0.15) is 0 Å². The van der Waals surface area contributed by atoms with E-state index in [9.17, 15) is 0 Å². The fraction of sp³-hybridized carbons (Fsp3) is 0.0442. The van der Waals surface area contributed by atoms with E-state index in [-0.39, 0.29) is 5.41 Å². The van der Waals surface area contributed by atoms with Crippen molar-refractivity contribution in [3.63, 3.8) is 0 Å². The van der Waals surface area contributed by atoms with E-state index in [0.717, 1.165) is 84.8 Å². The Bertz CT molecular complexity index is 8000. The molecule has 18 aromatic carbocycles. The first-order valence-corrected chi connectivity index (χ1v) is 41.2. The fourth-order valence-corrected chi connectivity index (χ4v) is 19.8. The number of hydrogen-bond donors (Lipinski definition) is 0. The van der Waals surface area contributed by atoms with E-state index < -0.39 is 0 Å². The van der Waals surface area contributed by atoms with Crippen LogP contribution in [0, 0.1) is 0 Å². The first-order valence-electron chi connectivity index (χ1n) is 41.2. The third-order valence-electron chi connectivity index (χ3n) is 25.7. The van der Waals surface area contributed by atoms with Crippen LogP contribution in [0.4, 0.5) is 0 Å². The average molecular weight is 1520 g/mol. The van der Waals surface area contributed by atoms with Crippen molar-refractivity contribution in [3.8, 4) is 123 Å². The van der Waals surface area contributed by atoms with Gasteiger partial charge in [0.05, 0.1) is 44.5 Å². The Balaban J connectivity index is 0.000000136. The van der Waals surface area contributed by atoms with E-state index >= 15 is 0 Å². The third kappa shape index (κ3) is 11.1. The molecule has 4 aromatic heterocycles. The molecule has 22 aromatic rings. The highest BCUT2D eigenvalue weighted by Gasteiger charge is 2.36. The van der Waals surface area contributed by atoms with Crippen LogP contribution in [-0.4, -0.2) is 29.1 Å². The fourth-order valence-electron chi connectivity index (χ4n) is 19.8. The lowest BCUT2D eigenvalue weighted by molar-refractivity contribution is 0.660. The molecule has 556 valence electrons. The summed E-state index contributed by atoms with van der Waals surface area (Å²) >= 11 is 0. The van der Waals surface area contributed by atoms with Crippen molar-refractivity contribution in [1.82, 2.24) is 29.1 Å². The van der Waals surface area contributed by atoms with E-state index in [1.165, 1.54) is 160 Å².